The molecular formula is C23H22F4N4O3S. The van der Waals surface area contributed by atoms with Gasteiger partial charge < -0.3 is 15.0 Å². The van der Waals surface area contributed by atoms with Crippen LogP contribution in [-0.2, 0) is 20.9 Å². The molecular weight excluding hydrogens is 488 g/mol. The highest BCUT2D eigenvalue weighted by Crippen LogP contribution is 2.43. The molecule has 1 N–H and O–H groups in total. The summed E-state index contributed by atoms with van der Waals surface area (Å²) in [6.07, 6.45) is -4.47. The molecule has 1 fully saturated rings. The summed E-state index contributed by atoms with van der Waals surface area (Å²) in [4.78, 5) is 26.8. The molecule has 1 aromatic rings. The van der Waals surface area contributed by atoms with E-state index in [2.05, 4.69) is 5.32 Å². The zero-order valence-electron chi connectivity index (χ0n) is 19.1. The summed E-state index contributed by atoms with van der Waals surface area (Å²) < 4.78 is 60.9. The quantitative estimate of drug-likeness (QED) is 0.465. The van der Waals surface area contributed by atoms with Crippen LogP contribution < -0.4 is 10.2 Å². The zero-order valence-corrected chi connectivity index (χ0v) is 19.9. The zero-order chi connectivity index (χ0) is 26.1. The molecule has 1 aromatic carbocycles. The van der Waals surface area contributed by atoms with Crippen molar-refractivity contribution in [2.24, 2.45) is 0 Å². The minimum absolute atomic E-state index is 0.118. The fourth-order valence-electron chi connectivity index (χ4n) is 3.95. The number of likely N-dealkylation sites (N-methyl/N-ethyl adjacent to an activating group) is 1. The van der Waals surface area contributed by atoms with Crippen LogP contribution in [-0.4, -0.2) is 53.2 Å². The standard InChI is InChI=1S/C23H22F4N4O3S/c1-22(2)20(33)30(16-9-6-14(10-28)18(19(16)24)23(25,26)27)21(35)31(22)15-7-4-13(5-8-15)11-34-12-17(32)29-3/h4-8,16H,9,11-12H2,1-3H3,(H,29,32). The number of anilines is 1. The van der Waals surface area contributed by atoms with Gasteiger partial charge in [-0.25, -0.2) is 4.39 Å². The van der Waals surface area contributed by atoms with Crippen LogP contribution in [0.2, 0.25) is 0 Å². The molecule has 1 unspecified atom stereocenters. The van der Waals surface area contributed by atoms with Crippen LogP contribution in [0.15, 0.2) is 47.3 Å². The predicted molar refractivity (Wildman–Crippen MR) is 122 cm³/mol. The van der Waals surface area contributed by atoms with Gasteiger partial charge in [0, 0.05) is 12.7 Å². The molecule has 3 rings (SSSR count). The highest BCUT2D eigenvalue weighted by atomic mass is 32.1. The summed E-state index contributed by atoms with van der Waals surface area (Å²) in [7, 11) is 1.49. The van der Waals surface area contributed by atoms with Crippen LogP contribution in [0.5, 0.6) is 0 Å². The number of nitrogens with one attached hydrogen (secondary N) is 1. The van der Waals surface area contributed by atoms with E-state index >= 15 is 4.39 Å². The Morgan fingerprint density at radius 2 is 1.94 bits per heavy atom. The fourth-order valence-corrected chi connectivity index (χ4v) is 4.49. The summed E-state index contributed by atoms with van der Waals surface area (Å²) in [5.41, 5.74) is -2.63. The van der Waals surface area contributed by atoms with Crippen molar-refractivity contribution in [3.63, 3.8) is 0 Å². The number of halogens is 4. The first kappa shape index (κ1) is 26.3. The highest BCUT2D eigenvalue weighted by molar-refractivity contribution is 7.80. The molecule has 35 heavy (non-hydrogen) atoms. The first-order valence-electron chi connectivity index (χ1n) is 10.5. The van der Waals surface area contributed by atoms with E-state index in [4.69, 9.17) is 22.2 Å². The molecule has 7 nitrogen and oxygen atoms in total. The summed E-state index contributed by atoms with van der Waals surface area (Å²) in [5, 5.41) is 11.3. The first-order chi connectivity index (χ1) is 16.3. The Hall–Kier alpha value is -3.30. The number of allylic oxidation sites excluding steroid dienone is 2. The number of rotatable bonds is 6. The third-order valence-electron chi connectivity index (χ3n) is 5.74. The second kappa shape index (κ2) is 9.75. The van der Waals surface area contributed by atoms with Crippen molar-refractivity contribution in [1.82, 2.24) is 10.2 Å². The summed E-state index contributed by atoms with van der Waals surface area (Å²) in [5.74, 6) is -2.57. The SMILES string of the molecule is CNC(=O)COCc1ccc(N2C(=S)N(C3CC=C(C#N)C(C(F)(F)F)=C3F)C(=O)C2(C)C)cc1. The Balaban J connectivity index is 1.89. The minimum atomic E-state index is -5.11. The molecule has 186 valence electrons. The molecule has 0 bridgehead atoms. The first-order valence-corrected chi connectivity index (χ1v) is 10.9. The second-order valence-corrected chi connectivity index (χ2v) is 8.75. The molecule has 1 aliphatic carbocycles. The minimum Gasteiger partial charge on any atom is -0.367 e. The maximum atomic E-state index is 15.1. The molecule has 0 aromatic heterocycles. The van der Waals surface area contributed by atoms with Crippen molar-refractivity contribution in [2.75, 3.05) is 18.6 Å². The molecule has 1 atom stereocenters. The van der Waals surface area contributed by atoms with Crippen molar-refractivity contribution in [3.8, 4) is 6.07 Å². The molecule has 1 aliphatic heterocycles. The Morgan fingerprint density at radius 3 is 2.49 bits per heavy atom. The van der Waals surface area contributed by atoms with Crippen LogP contribution >= 0.6 is 12.2 Å². The van der Waals surface area contributed by atoms with Gasteiger partial charge in [0.05, 0.1) is 24.3 Å². The third-order valence-corrected chi connectivity index (χ3v) is 6.11. The van der Waals surface area contributed by atoms with E-state index in [1.54, 1.807) is 24.3 Å². The Kier molecular flexibility index (Phi) is 7.33. The Bertz CT molecular complexity index is 1150. The lowest BCUT2D eigenvalue weighted by Crippen LogP contribution is -2.45. The monoisotopic (exact) mass is 510 g/mol. The number of nitriles is 1. The normalized spacial score (nSPS) is 20.2. The van der Waals surface area contributed by atoms with E-state index in [0.29, 0.717) is 5.69 Å². The fraction of sp³-hybridized carbons (Fsp3) is 0.391. The number of hydrogen-bond donors (Lipinski definition) is 1. The lowest BCUT2D eigenvalue weighted by molar-refractivity contribution is -0.131. The van der Waals surface area contributed by atoms with Crippen molar-refractivity contribution in [2.45, 2.75) is 44.6 Å². The van der Waals surface area contributed by atoms with Gasteiger partial charge in [-0.1, -0.05) is 18.2 Å². The molecule has 0 radical (unpaired) electrons. The van der Waals surface area contributed by atoms with E-state index in [-0.39, 0.29) is 30.7 Å². The lowest BCUT2D eigenvalue weighted by Gasteiger charge is -2.31. The van der Waals surface area contributed by atoms with Gasteiger partial charge in [-0.05, 0) is 50.2 Å². The molecule has 1 saturated heterocycles. The number of hydrogen-bond acceptors (Lipinski definition) is 5. The number of thiocarbonyl (C=S) groups is 1. The van der Waals surface area contributed by atoms with E-state index in [9.17, 15) is 22.8 Å². The number of carbonyl (C=O) groups excluding carboxylic acids is 2. The van der Waals surface area contributed by atoms with Gasteiger partial charge in [0.25, 0.3) is 5.91 Å². The van der Waals surface area contributed by atoms with E-state index in [1.807, 2.05) is 0 Å². The summed E-state index contributed by atoms with van der Waals surface area (Å²) >= 11 is 5.44. The number of nitrogens with zero attached hydrogens (tertiary/aromatic N) is 3. The van der Waals surface area contributed by atoms with Crippen molar-refractivity contribution < 1.29 is 31.9 Å². The van der Waals surface area contributed by atoms with Crippen LogP contribution in [0.25, 0.3) is 0 Å². The van der Waals surface area contributed by atoms with Gasteiger partial charge >= 0.3 is 6.18 Å². The smallest absolute Gasteiger partial charge is 0.367 e. The van der Waals surface area contributed by atoms with Crippen LogP contribution in [0.3, 0.4) is 0 Å². The lowest BCUT2D eigenvalue weighted by atomic mass is 9.92. The van der Waals surface area contributed by atoms with Gasteiger partial charge in [-0.2, -0.15) is 18.4 Å². The second-order valence-electron chi connectivity index (χ2n) is 8.39. The van der Waals surface area contributed by atoms with Crippen LogP contribution in [0.4, 0.5) is 23.2 Å². The average molecular weight is 511 g/mol. The molecule has 12 heteroatoms. The van der Waals surface area contributed by atoms with E-state index in [1.165, 1.54) is 31.9 Å². The molecule has 1 heterocycles. The van der Waals surface area contributed by atoms with Gasteiger partial charge in [0.2, 0.25) is 5.91 Å². The molecule has 0 saturated carbocycles. The summed E-state index contributed by atoms with van der Waals surface area (Å²) in [6, 6.07) is 6.42. The maximum absolute atomic E-state index is 15.1. The topological polar surface area (TPSA) is 85.7 Å². The van der Waals surface area contributed by atoms with Crippen molar-refractivity contribution >= 4 is 34.8 Å². The maximum Gasteiger partial charge on any atom is 0.420 e. The van der Waals surface area contributed by atoms with E-state index in [0.717, 1.165) is 16.5 Å². The summed E-state index contributed by atoms with van der Waals surface area (Å²) in [6.45, 7) is 3.10. The number of ether oxygens (including phenoxy) is 1. The van der Waals surface area contributed by atoms with Gasteiger partial charge in [0.1, 0.15) is 23.5 Å². The number of benzene rings is 1. The van der Waals surface area contributed by atoms with Gasteiger partial charge in [-0.3, -0.25) is 14.5 Å². The third kappa shape index (κ3) is 4.92. The average Bonchev–Trinajstić information content (AvgIpc) is 2.97. The molecule has 2 amide bonds. The molecule has 2 aliphatic rings. The Labute approximate surface area is 204 Å². The largest absolute Gasteiger partial charge is 0.420 e. The molecule has 0 spiro atoms. The highest BCUT2D eigenvalue weighted by Gasteiger charge is 2.54. The Morgan fingerprint density at radius 1 is 1.31 bits per heavy atom. The van der Waals surface area contributed by atoms with Crippen LogP contribution in [0, 0.1) is 11.3 Å². The number of alkyl halides is 3. The van der Waals surface area contributed by atoms with Crippen molar-refractivity contribution in [3.05, 3.63) is 52.9 Å². The predicted octanol–water partition coefficient (Wildman–Crippen LogP) is 3.67. The van der Waals surface area contributed by atoms with E-state index < -0.39 is 40.6 Å². The van der Waals surface area contributed by atoms with Gasteiger partial charge in [0.15, 0.2) is 5.11 Å². The number of amides is 2. The van der Waals surface area contributed by atoms with Gasteiger partial charge in [-0.15, -0.1) is 0 Å². The number of carbonyl (C=O) groups is 2. The van der Waals surface area contributed by atoms with Crippen molar-refractivity contribution in [1.29, 1.82) is 5.26 Å². The van der Waals surface area contributed by atoms with Crippen LogP contribution in [0.1, 0.15) is 25.8 Å².